The lowest BCUT2D eigenvalue weighted by Crippen LogP contribution is -2.03. The molecule has 1 heterocycles. The smallest absolute Gasteiger partial charge is 0.350 e. The largest absolute Gasteiger partial charge is 0.462 e. The maximum atomic E-state index is 12.1. The third-order valence-electron chi connectivity index (χ3n) is 3.79. The Morgan fingerprint density at radius 3 is 2.08 bits per heavy atom. The summed E-state index contributed by atoms with van der Waals surface area (Å²) < 4.78 is 5.14. The fourth-order valence-electron chi connectivity index (χ4n) is 2.70. The van der Waals surface area contributed by atoms with Crippen LogP contribution in [0, 0.1) is 6.92 Å². The van der Waals surface area contributed by atoms with Crippen LogP contribution in [0.4, 0.5) is 0 Å². The molecule has 0 fully saturated rings. The first-order chi connectivity index (χ1) is 11.7. The molecule has 0 spiro atoms. The second-order valence-corrected chi connectivity index (χ2v) is 6.47. The molecule has 0 aliphatic heterocycles. The summed E-state index contributed by atoms with van der Waals surface area (Å²) in [6.07, 6.45) is 0. The minimum Gasteiger partial charge on any atom is -0.462 e. The molecule has 1 aromatic heterocycles. The zero-order valence-corrected chi connectivity index (χ0v) is 14.5. The van der Waals surface area contributed by atoms with Crippen LogP contribution in [0.3, 0.4) is 0 Å². The molecular weight excluding hydrogens is 318 g/mol. The summed E-state index contributed by atoms with van der Waals surface area (Å²) in [6.45, 7) is 4.04. The molecule has 3 nitrogen and oxygen atoms in total. The molecule has 0 aliphatic rings. The van der Waals surface area contributed by atoms with Crippen molar-refractivity contribution in [1.29, 1.82) is 0 Å². The van der Waals surface area contributed by atoms with Crippen LogP contribution in [-0.2, 0) is 4.74 Å². The highest BCUT2D eigenvalue weighted by atomic mass is 32.1. The molecule has 0 saturated carbocycles. The summed E-state index contributed by atoms with van der Waals surface area (Å²) in [6, 6.07) is 20.5. The van der Waals surface area contributed by atoms with Gasteiger partial charge in [-0.2, -0.15) is 0 Å². The van der Waals surface area contributed by atoms with Gasteiger partial charge in [-0.05, 0) is 25.0 Å². The Morgan fingerprint density at radius 1 is 1.04 bits per heavy atom. The van der Waals surface area contributed by atoms with Crippen molar-refractivity contribution >= 4 is 17.3 Å². The number of aryl methyl sites for hydroxylation is 1. The van der Waals surface area contributed by atoms with Gasteiger partial charge in [0.25, 0.3) is 0 Å². The molecule has 0 aliphatic carbocycles. The summed E-state index contributed by atoms with van der Waals surface area (Å²) in [5.74, 6) is -0.280. The van der Waals surface area contributed by atoms with Gasteiger partial charge in [0, 0.05) is 0 Å². The fourth-order valence-corrected chi connectivity index (χ4v) is 3.81. The second kappa shape index (κ2) is 7.41. The van der Waals surface area contributed by atoms with Gasteiger partial charge < -0.3 is 4.74 Å². The maximum absolute atomic E-state index is 12.1. The number of ether oxygens (including phenoxy) is 1. The Labute approximate surface area is 146 Å². The van der Waals surface area contributed by atoms with Gasteiger partial charge in [0.1, 0.15) is 9.88 Å². The fraction of sp³-hybridized carbons (Fsp3) is 0.200. The van der Waals surface area contributed by atoms with Crippen LogP contribution in [0.1, 0.15) is 44.3 Å². The van der Waals surface area contributed by atoms with Gasteiger partial charge in [0.05, 0.1) is 18.2 Å². The summed E-state index contributed by atoms with van der Waals surface area (Å²) in [5, 5.41) is 0.910. The van der Waals surface area contributed by atoms with E-state index in [2.05, 4.69) is 29.2 Å². The van der Waals surface area contributed by atoms with E-state index in [9.17, 15) is 4.79 Å². The summed E-state index contributed by atoms with van der Waals surface area (Å²) in [4.78, 5) is 17.4. The maximum Gasteiger partial charge on any atom is 0.350 e. The van der Waals surface area contributed by atoms with Crippen molar-refractivity contribution in [1.82, 2.24) is 4.98 Å². The van der Waals surface area contributed by atoms with E-state index in [0.717, 1.165) is 21.8 Å². The van der Waals surface area contributed by atoms with Gasteiger partial charge in [0.2, 0.25) is 0 Å². The molecule has 2 aromatic carbocycles. The van der Waals surface area contributed by atoms with Crippen molar-refractivity contribution in [2.45, 2.75) is 19.8 Å². The van der Waals surface area contributed by atoms with Gasteiger partial charge >= 0.3 is 5.97 Å². The van der Waals surface area contributed by atoms with Crippen LogP contribution >= 0.6 is 11.3 Å². The predicted molar refractivity (Wildman–Crippen MR) is 96.6 cm³/mol. The minimum absolute atomic E-state index is 0.0132. The SMILES string of the molecule is CCOC(=O)c1sc(C(c2ccccc2)c2ccccc2)nc1C. The molecule has 0 atom stereocenters. The normalized spacial score (nSPS) is 10.8. The molecule has 3 rings (SSSR count). The summed E-state index contributed by atoms with van der Waals surface area (Å²) >= 11 is 1.42. The zero-order valence-electron chi connectivity index (χ0n) is 13.7. The third kappa shape index (κ3) is 3.39. The van der Waals surface area contributed by atoms with E-state index >= 15 is 0 Å². The van der Waals surface area contributed by atoms with Gasteiger partial charge in [0.15, 0.2) is 0 Å². The highest BCUT2D eigenvalue weighted by Crippen LogP contribution is 2.35. The molecular formula is C20H19NO2S. The van der Waals surface area contributed by atoms with Gasteiger partial charge in [-0.15, -0.1) is 11.3 Å². The van der Waals surface area contributed by atoms with E-state index in [4.69, 9.17) is 4.74 Å². The number of hydrogen-bond acceptors (Lipinski definition) is 4. The van der Waals surface area contributed by atoms with Crippen LogP contribution in [0.25, 0.3) is 0 Å². The van der Waals surface area contributed by atoms with Crippen molar-refractivity contribution < 1.29 is 9.53 Å². The van der Waals surface area contributed by atoms with E-state index in [1.54, 1.807) is 0 Å². The first-order valence-corrected chi connectivity index (χ1v) is 8.76. The first-order valence-electron chi connectivity index (χ1n) is 7.95. The average Bonchev–Trinajstić information content (AvgIpc) is 2.99. The molecule has 0 saturated heterocycles. The number of rotatable bonds is 5. The monoisotopic (exact) mass is 337 g/mol. The van der Waals surface area contributed by atoms with Crippen LogP contribution in [0.5, 0.6) is 0 Å². The van der Waals surface area contributed by atoms with E-state index in [-0.39, 0.29) is 11.9 Å². The van der Waals surface area contributed by atoms with E-state index in [1.807, 2.05) is 50.2 Å². The number of nitrogens with zero attached hydrogens (tertiary/aromatic N) is 1. The quantitative estimate of drug-likeness (QED) is 0.627. The van der Waals surface area contributed by atoms with Crippen LogP contribution in [-0.4, -0.2) is 17.6 Å². The van der Waals surface area contributed by atoms with Crippen molar-refractivity contribution in [3.63, 3.8) is 0 Å². The van der Waals surface area contributed by atoms with Crippen molar-refractivity contribution in [3.05, 3.63) is 87.4 Å². The number of carbonyl (C=O) groups is 1. The number of hydrogen-bond donors (Lipinski definition) is 0. The molecule has 122 valence electrons. The lowest BCUT2D eigenvalue weighted by atomic mass is 9.92. The van der Waals surface area contributed by atoms with Gasteiger partial charge in [-0.1, -0.05) is 60.7 Å². The summed E-state index contributed by atoms with van der Waals surface area (Å²) in [5.41, 5.74) is 3.05. The topological polar surface area (TPSA) is 39.2 Å². The Bertz CT molecular complexity index is 773. The number of benzene rings is 2. The first kappa shape index (κ1) is 16.4. The highest BCUT2D eigenvalue weighted by molar-refractivity contribution is 7.13. The minimum atomic E-state index is -0.293. The van der Waals surface area contributed by atoms with Crippen molar-refractivity contribution in [2.75, 3.05) is 6.61 Å². The Balaban J connectivity index is 2.07. The lowest BCUT2D eigenvalue weighted by molar-refractivity contribution is 0.0531. The van der Waals surface area contributed by atoms with Gasteiger partial charge in [-0.25, -0.2) is 9.78 Å². The van der Waals surface area contributed by atoms with Crippen molar-refractivity contribution in [3.8, 4) is 0 Å². The lowest BCUT2D eigenvalue weighted by Gasteiger charge is -2.15. The van der Waals surface area contributed by atoms with Gasteiger partial charge in [-0.3, -0.25) is 0 Å². The number of carbonyl (C=O) groups excluding carboxylic acids is 1. The highest BCUT2D eigenvalue weighted by Gasteiger charge is 2.24. The Kier molecular flexibility index (Phi) is 5.06. The number of thiazole rings is 1. The predicted octanol–water partition coefficient (Wildman–Crippen LogP) is 4.81. The molecule has 4 heteroatoms. The zero-order chi connectivity index (χ0) is 16.9. The average molecular weight is 337 g/mol. The molecule has 0 unspecified atom stereocenters. The van der Waals surface area contributed by atoms with E-state index in [1.165, 1.54) is 11.3 Å². The third-order valence-corrected chi connectivity index (χ3v) is 4.99. The molecule has 0 amide bonds. The Hall–Kier alpha value is -2.46. The second-order valence-electron chi connectivity index (χ2n) is 5.44. The number of esters is 1. The molecule has 3 aromatic rings. The van der Waals surface area contributed by atoms with Crippen molar-refractivity contribution in [2.24, 2.45) is 0 Å². The molecule has 0 N–H and O–H groups in total. The standard InChI is InChI=1S/C20H19NO2S/c1-3-23-20(22)18-14(2)21-19(24-18)17(15-10-6-4-7-11-15)16-12-8-5-9-13-16/h4-13,17H,3H2,1-2H3. The Morgan fingerprint density at radius 2 is 1.58 bits per heavy atom. The van der Waals surface area contributed by atoms with Crippen LogP contribution in [0.2, 0.25) is 0 Å². The molecule has 24 heavy (non-hydrogen) atoms. The molecule has 0 radical (unpaired) electrons. The van der Waals surface area contributed by atoms with E-state index < -0.39 is 0 Å². The molecule has 0 bridgehead atoms. The van der Waals surface area contributed by atoms with Crippen LogP contribution in [0.15, 0.2) is 60.7 Å². The van der Waals surface area contributed by atoms with E-state index in [0.29, 0.717) is 11.5 Å². The summed E-state index contributed by atoms with van der Waals surface area (Å²) in [7, 11) is 0. The number of aromatic nitrogens is 1. The van der Waals surface area contributed by atoms with Crippen LogP contribution < -0.4 is 0 Å².